The Morgan fingerprint density at radius 2 is 1.48 bits per heavy atom. The molecule has 3 nitrogen and oxygen atoms in total. The molecule has 1 amide bonds. The fraction of sp³-hybridized carbons (Fsp3) is 0.409. The van der Waals surface area contributed by atoms with Gasteiger partial charge in [-0.15, -0.1) is 0 Å². The molecule has 0 bridgehead atoms. The number of amides is 1. The molecule has 0 aliphatic rings. The van der Waals surface area contributed by atoms with Crippen molar-refractivity contribution in [3.63, 3.8) is 0 Å². The van der Waals surface area contributed by atoms with Crippen molar-refractivity contribution >= 4 is 17.3 Å². The molecule has 3 heteroatoms. The molecule has 0 unspecified atom stereocenters. The van der Waals surface area contributed by atoms with Gasteiger partial charge < -0.3 is 10.6 Å². The van der Waals surface area contributed by atoms with Gasteiger partial charge in [0.15, 0.2) is 0 Å². The van der Waals surface area contributed by atoms with Crippen molar-refractivity contribution in [2.75, 3.05) is 17.2 Å². The quantitative estimate of drug-likeness (QED) is 0.681. The van der Waals surface area contributed by atoms with Crippen LogP contribution in [-0.4, -0.2) is 12.5 Å². The standard InChI is InChI=1S/C22H30N2O/c1-15(2)19-7-6-8-20(16(3)4)22(19)24-21(25)13-14-23-18-11-9-17(5)10-12-18/h6-12,15-16,23H,13-14H2,1-5H3,(H,24,25). The average Bonchev–Trinajstić information content (AvgIpc) is 2.56. The molecule has 0 spiro atoms. The number of carbonyl (C=O) groups excluding carboxylic acids is 1. The van der Waals surface area contributed by atoms with Gasteiger partial charge in [0.2, 0.25) is 5.91 Å². The maximum absolute atomic E-state index is 12.5. The third-order valence-corrected chi connectivity index (χ3v) is 4.37. The molecule has 2 aromatic rings. The smallest absolute Gasteiger partial charge is 0.226 e. The Bertz CT molecular complexity index is 676. The Hall–Kier alpha value is -2.29. The van der Waals surface area contributed by atoms with Crippen LogP contribution in [0.25, 0.3) is 0 Å². The van der Waals surface area contributed by atoms with Gasteiger partial charge in [0.25, 0.3) is 0 Å². The van der Waals surface area contributed by atoms with Gasteiger partial charge in [-0.1, -0.05) is 63.6 Å². The minimum absolute atomic E-state index is 0.0506. The summed E-state index contributed by atoms with van der Waals surface area (Å²) in [5.74, 6) is 0.800. The predicted octanol–water partition coefficient (Wildman–Crippen LogP) is 5.68. The van der Waals surface area contributed by atoms with Crippen LogP contribution in [0.2, 0.25) is 0 Å². The van der Waals surface area contributed by atoms with E-state index in [9.17, 15) is 4.79 Å². The maximum atomic E-state index is 12.5. The zero-order valence-electron chi connectivity index (χ0n) is 16.0. The fourth-order valence-electron chi connectivity index (χ4n) is 2.89. The number of rotatable bonds is 7. The van der Waals surface area contributed by atoms with Crippen LogP contribution in [0.1, 0.15) is 62.6 Å². The monoisotopic (exact) mass is 338 g/mol. The molecule has 2 rings (SSSR count). The second-order valence-electron chi connectivity index (χ2n) is 7.21. The van der Waals surface area contributed by atoms with E-state index in [1.165, 1.54) is 16.7 Å². The van der Waals surface area contributed by atoms with Gasteiger partial charge >= 0.3 is 0 Å². The van der Waals surface area contributed by atoms with Gasteiger partial charge in [-0.3, -0.25) is 4.79 Å². The topological polar surface area (TPSA) is 41.1 Å². The maximum Gasteiger partial charge on any atom is 0.226 e. The van der Waals surface area contributed by atoms with E-state index in [1.54, 1.807) is 0 Å². The van der Waals surface area contributed by atoms with Crippen molar-refractivity contribution in [1.82, 2.24) is 0 Å². The zero-order chi connectivity index (χ0) is 18.4. The molecule has 0 fully saturated rings. The first-order chi connectivity index (χ1) is 11.9. The number of hydrogen-bond acceptors (Lipinski definition) is 2. The van der Waals surface area contributed by atoms with Crippen LogP contribution in [0.4, 0.5) is 11.4 Å². The lowest BCUT2D eigenvalue weighted by Crippen LogP contribution is -2.18. The number of carbonyl (C=O) groups is 1. The van der Waals surface area contributed by atoms with E-state index in [-0.39, 0.29) is 5.91 Å². The molecule has 0 atom stereocenters. The minimum atomic E-state index is 0.0506. The number of hydrogen-bond donors (Lipinski definition) is 2. The highest BCUT2D eigenvalue weighted by Gasteiger charge is 2.15. The summed E-state index contributed by atoms with van der Waals surface area (Å²) in [5.41, 5.74) is 5.67. The number of para-hydroxylation sites is 1. The predicted molar refractivity (Wildman–Crippen MR) is 108 cm³/mol. The van der Waals surface area contributed by atoms with Crippen LogP contribution < -0.4 is 10.6 Å². The summed E-state index contributed by atoms with van der Waals surface area (Å²) < 4.78 is 0. The van der Waals surface area contributed by atoms with Crippen LogP contribution >= 0.6 is 0 Å². The fourth-order valence-corrected chi connectivity index (χ4v) is 2.89. The Kier molecular flexibility index (Phi) is 6.63. The molecule has 2 aromatic carbocycles. The van der Waals surface area contributed by atoms with Gasteiger partial charge in [-0.2, -0.15) is 0 Å². The molecule has 0 radical (unpaired) electrons. The molecule has 25 heavy (non-hydrogen) atoms. The van der Waals surface area contributed by atoms with Gasteiger partial charge in [0.1, 0.15) is 0 Å². The lowest BCUT2D eigenvalue weighted by molar-refractivity contribution is -0.115. The normalized spacial score (nSPS) is 11.0. The van der Waals surface area contributed by atoms with Crippen LogP contribution in [0.3, 0.4) is 0 Å². The summed E-state index contributed by atoms with van der Waals surface area (Å²) in [6.45, 7) is 11.3. The van der Waals surface area contributed by atoms with Gasteiger partial charge in [0.05, 0.1) is 0 Å². The molecule has 0 aliphatic heterocycles. The average molecular weight is 338 g/mol. The molecule has 0 aromatic heterocycles. The van der Waals surface area contributed by atoms with Gasteiger partial charge in [-0.25, -0.2) is 0 Å². The van der Waals surface area contributed by atoms with Crippen molar-refractivity contribution < 1.29 is 4.79 Å². The summed E-state index contributed by atoms with van der Waals surface area (Å²) in [6, 6.07) is 14.5. The third-order valence-electron chi connectivity index (χ3n) is 4.37. The molecule has 134 valence electrons. The lowest BCUT2D eigenvalue weighted by Gasteiger charge is -2.20. The van der Waals surface area contributed by atoms with E-state index < -0.39 is 0 Å². The van der Waals surface area contributed by atoms with Crippen molar-refractivity contribution in [3.8, 4) is 0 Å². The Labute approximate surface area is 151 Å². The molecule has 0 heterocycles. The molecular formula is C22H30N2O. The Balaban J connectivity index is 2.01. The van der Waals surface area contributed by atoms with Crippen LogP contribution in [0.15, 0.2) is 42.5 Å². The van der Waals surface area contributed by atoms with E-state index in [0.717, 1.165) is 11.4 Å². The molecule has 0 aliphatic carbocycles. The van der Waals surface area contributed by atoms with Crippen LogP contribution in [0, 0.1) is 6.92 Å². The summed E-state index contributed by atoms with van der Waals surface area (Å²) >= 11 is 0. The van der Waals surface area contributed by atoms with Crippen LogP contribution in [-0.2, 0) is 4.79 Å². The number of nitrogens with one attached hydrogen (secondary N) is 2. The van der Waals surface area contributed by atoms with Crippen molar-refractivity contribution in [2.24, 2.45) is 0 Å². The van der Waals surface area contributed by atoms with E-state index >= 15 is 0 Å². The van der Waals surface area contributed by atoms with E-state index in [4.69, 9.17) is 0 Å². The van der Waals surface area contributed by atoms with Gasteiger partial charge in [-0.05, 0) is 42.0 Å². The Morgan fingerprint density at radius 3 is 2.00 bits per heavy atom. The second-order valence-corrected chi connectivity index (χ2v) is 7.21. The third kappa shape index (κ3) is 5.35. The first kappa shape index (κ1) is 19.0. The molecule has 0 saturated heterocycles. The summed E-state index contributed by atoms with van der Waals surface area (Å²) in [4.78, 5) is 12.5. The zero-order valence-corrected chi connectivity index (χ0v) is 16.0. The number of aryl methyl sites for hydroxylation is 1. The largest absolute Gasteiger partial charge is 0.385 e. The molecule has 2 N–H and O–H groups in total. The molecule has 0 saturated carbocycles. The van der Waals surface area contributed by atoms with E-state index in [0.29, 0.717) is 24.8 Å². The lowest BCUT2D eigenvalue weighted by atomic mass is 9.92. The molecular weight excluding hydrogens is 308 g/mol. The van der Waals surface area contributed by atoms with E-state index in [2.05, 4.69) is 75.6 Å². The first-order valence-corrected chi connectivity index (χ1v) is 9.11. The summed E-state index contributed by atoms with van der Waals surface area (Å²) in [5, 5.41) is 6.46. The second kappa shape index (κ2) is 8.70. The number of anilines is 2. The van der Waals surface area contributed by atoms with Crippen LogP contribution in [0.5, 0.6) is 0 Å². The SMILES string of the molecule is Cc1ccc(NCCC(=O)Nc2c(C(C)C)cccc2C(C)C)cc1. The highest BCUT2D eigenvalue weighted by molar-refractivity contribution is 5.93. The minimum Gasteiger partial charge on any atom is -0.385 e. The highest BCUT2D eigenvalue weighted by atomic mass is 16.1. The number of benzene rings is 2. The highest BCUT2D eigenvalue weighted by Crippen LogP contribution is 2.32. The van der Waals surface area contributed by atoms with Crippen molar-refractivity contribution in [1.29, 1.82) is 0 Å². The van der Waals surface area contributed by atoms with Crippen molar-refractivity contribution in [2.45, 2.75) is 52.9 Å². The Morgan fingerprint density at radius 1 is 0.920 bits per heavy atom. The van der Waals surface area contributed by atoms with Gasteiger partial charge in [0, 0.05) is 24.3 Å². The van der Waals surface area contributed by atoms with E-state index in [1.807, 2.05) is 12.1 Å². The summed E-state index contributed by atoms with van der Waals surface area (Å²) in [7, 11) is 0. The van der Waals surface area contributed by atoms with Crippen molar-refractivity contribution in [3.05, 3.63) is 59.2 Å². The first-order valence-electron chi connectivity index (χ1n) is 9.11. The summed E-state index contributed by atoms with van der Waals surface area (Å²) in [6.07, 6.45) is 0.442.